The van der Waals surface area contributed by atoms with E-state index in [-0.39, 0.29) is 5.97 Å². The highest BCUT2D eigenvalue weighted by Gasteiger charge is 2.24. The molecule has 2 rings (SSSR count). The number of rotatable bonds is 6. The van der Waals surface area contributed by atoms with Gasteiger partial charge in [-0.2, -0.15) is 0 Å². The van der Waals surface area contributed by atoms with Gasteiger partial charge in [0.05, 0.1) is 6.67 Å². The summed E-state index contributed by atoms with van der Waals surface area (Å²) < 4.78 is 5.14. The minimum absolute atomic E-state index is 0.276. The summed E-state index contributed by atoms with van der Waals surface area (Å²) in [5.74, 6) is 0.642. The molecule has 1 heterocycles. The molecule has 19 heavy (non-hydrogen) atoms. The number of carbonyl (C=O) groups excluding carboxylic acids is 1. The van der Waals surface area contributed by atoms with E-state index in [2.05, 4.69) is 16.4 Å². The molecule has 0 aromatic carbocycles. The van der Waals surface area contributed by atoms with Gasteiger partial charge in [-0.05, 0) is 25.7 Å². The third-order valence-electron chi connectivity index (χ3n) is 4.11. The molecular formula is C15H26N2O2. The van der Waals surface area contributed by atoms with Crippen molar-refractivity contribution in [2.45, 2.75) is 32.6 Å². The molecule has 1 saturated carbocycles. The third-order valence-corrected chi connectivity index (χ3v) is 4.11. The van der Waals surface area contributed by atoms with Crippen LogP contribution < -0.4 is 0 Å². The first-order chi connectivity index (χ1) is 9.15. The standard InChI is InChI=1S/C15H26N2O2/c1-13(2)15(18)19-10-9-16-7-8-17(12-16)11-14-5-3-4-6-14/h14H,1,3-12H2,2H3. The van der Waals surface area contributed by atoms with Crippen molar-refractivity contribution in [3.8, 4) is 0 Å². The molecule has 2 fully saturated rings. The van der Waals surface area contributed by atoms with Gasteiger partial charge in [0.1, 0.15) is 6.61 Å². The SMILES string of the molecule is C=C(C)C(=O)OCCN1CCN(CC2CCCC2)C1. The molecule has 0 aromatic rings. The fourth-order valence-electron chi connectivity index (χ4n) is 2.99. The molecule has 0 N–H and O–H groups in total. The van der Waals surface area contributed by atoms with Crippen LogP contribution in [0.5, 0.6) is 0 Å². The van der Waals surface area contributed by atoms with Crippen molar-refractivity contribution in [2.24, 2.45) is 5.92 Å². The highest BCUT2D eigenvalue weighted by Crippen LogP contribution is 2.26. The molecule has 0 bridgehead atoms. The van der Waals surface area contributed by atoms with Gasteiger partial charge in [0.15, 0.2) is 0 Å². The zero-order valence-corrected chi connectivity index (χ0v) is 12.1. The number of hydrogen-bond acceptors (Lipinski definition) is 4. The molecule has 1 aliphatic carbocycles. The van der Waals surface area contributed by atoms with Crippen LogP contribution in [-0.4, -0.2) is 55.2 Å². The predicted octanol–water partition coefficient (Wildman–Crippen LogP) is 1.87. The fourth-order valence-corrected chi connectivity index (χ4v) is 2.99. The second kappa shape index (κ2) is 7.06. The maximum atomic E-state index is 11.3. The van der Waals surface area contributed by atoms with Crippen LogP contribution in [0.4, 0.5) is 0 Å². The lowest BCUT2D eigenvalue weighted by Crippen LogP contribution is -2.31. The molecular weight excluding hydrogens is 240 g/mol. The molecule has 1 aliphatic heterocycles. The molecule has 0 aromatic heterocycles. The van der Waals surface area contributed by atoms with Gasteiger partial charge in [-0.3, -0.25) is 9.80 Å². The molecule has 0 amide bonds. The van der Waals surface area contributed by atoms with E-state index >= 15 is 0 Å². The van der Waals surface area contributed by atoms with Crippen LogP contribution in [0.3, 0.4) is 0 Å². The predicted molar refractivity (Wildman–Crippen MR) is 75.7 cm³/mol. The van der Waals surface area contributed by atoms with Crippen LogP contribution in [-0.2, 0) is 9.53 Å². The van der Waals surface area contributed by atoms with Crippen molar-refractivity contribution >= 4 is 5.97 Å². The summed E-state index contributed by atoms with van der Waals surface area (Å²) in [7, 11) is 0. The van der Waals surface area contributed by atoms with Crippen LogP contribution in [0.1, 0.15) is 32.6 Å². The molecule has 0 unspecified atom stereocenters. The zero-order valence-electron chi connectivity index (χ0n) is 12.1. The second-order valence-corrected chi connectivity index (χ2v) is 5.90. The molecule has 1 saturated heterocycles. The Morgan fingerprint density at radius 1 is 1.26 bits per heavy atom. The second-order valence-electron chi connectivity index (χ2n) is 5.90. The van der Waals surface area contributed by atoms with Crippen molar-refractivity contribution in [3.05, 3.63) is 12.2 Å². The van der Waals surface area contributed by atoms with Crippen molar-refractivity contribution in [1.29, 1.82) is 0 Å². The fraction of sp³-hybridized carbons (Fsp3) is 0.800. The maximum absolute atomic E-state index is 11.3. The first-order valence-electron chi connectivity index (χ1n) is 7.42. The number of esters is 1. The Hall–Kier alpha value is -0.870. The topological polar surface area (TPSA) is 32.8 Å². The summed E-state index contributed by atoms with van der Waals surface area (Å²) in [4.78, 5) is 16.2. The Morgan fingerprint density at radius 3 is 2.63 bits per heavy atom. The van der Waals surface area contributed by atoms with E-state index < -0.39 is 0 Å². The lowest BCUT2D eigenvalue weighted by Gasteiger charge is -2.21. The summed E-state index contributed by atoms with van der Waals surface area (Å²) in [5, 5.41) is 0. The van der Waals surface area contributed by atoms with Gasteiger partial charge in [0, 0.05) is 31.8 Å². The van der Waals surface area contributed by atoms with Crippen molar-refractivity contribution < 1.29 is 9.53 Å². The minimum Gasteiger partial charge on any atom is -0.461 e. The molecule has 2 aliphatic rings. The molecule has 0 spiro atoms. The normalized spacial score (nSPS) is 21.9. The Labute approximate surface area is 116 Å². The molecule has 4 heteroatoms. The smallest absolute Gasteiger partial charge is 0.333 e. The van der Waals surface area contributed by atoms with Crippen molar-refractivity contribution in [1.82, 2.24) is 9.80 Å². The first kappa shape index (κ1) is 14.5. The van der Waals surface area contributed by atoms with E-state index in [0.29, 0.717) is 12.2 Å². The quantitative estimate of drug-likeness (QED) is 0.543. The average Bonchev–Trinajstić information content (AvgIpc) is 3.01. The number of carbonyl (C=O) groups is 1. The lowest BCUT2D eigenvalue weighted by molar-refractivity contribution is -0.139. The van der Waals surface area contributed by atoms with Crippen LogP contribution in [0.2, 0.25) is 0 Å². The van der Waals surface area contributed by atoms with E-state index in [1.165, 1.54) is 32.2 Å². The van der Waals surface area contributed by atoms with E-state index in [1.807, 2.05) is 0 Å². The monoisotopic (exact) mass is 266 g/mol. The molecule has 0 atom stereocenters. The van der Waals surface area contributed by atoms with Gasteiger partial charge in [0.25, 0.3) is 0 Å². The van der Waals surface area contributed by atoms with Gasteiger partial charge >= 0.3 is 5.97 Å². The summed E-state index contributed by atoms with van der Waals surface area (Å²) in [5.41, 5.74) is 0.476. The van der Waals surface area contributed by atoms with Gasteiger partial charge in [-0.15, -0.1) is 0 Å². The van der Waals surface area contributed by atoms with E-state index in [1.54, 1.807) is 6.92 Å². The number of nitrogens with zero attached hydrogens (tertiary/aromatic N) is 2. The Bertz CT molecular complexity index is 324. The van der Waals surface area contributed by atoms with Crippen molar-refractivity contribution in [2.75, 3.05) is 39.5 Å². The van der Waals surface area contributed by atoms with Crippen LogP contribution in [0, 0.1) is 5.92 Å². The van der Waals surface area contributed by atoms with Gasteiger partial charge in [-0.1, -0.05) is 19.4 Å². The summed E-state index contributed by atoms with van der Waals surface area (Å²) in [6, 6.07) is 0. The Balaban J connectivity index is 1.59. The largest absolute Gasteiger partial charge is 0.461 e. The van der Waals surface area contributed by atoms with E-state index in [4.69, 9.17) is 4.74 Å². The average molecular weight is 266 g/mol. The molecule has 4 nitrogen and oxygen atoms in total. The van der Waals surface area contributed by atoms with E-state index in [0.717, 1.165) is 32.2 Å². The number of hydrogen-bond donors (Lipinski definition) is 0. The summed E-state index contributed by atoms with van der Waals surface area (Å²) >= 11 is 0. The molecule has 0 radical (unpaired) electrons. The van der Waals surface area contributed by atoms with E-state index in [9.17, 15) is 4.79 Å². The van der Waals surface area contributed by atoms with Gasteiger partial charge in [0.2, 0.25) is 0 Å². The highest BCUT2D eigenvalue weighted by atomic mass is 16.5. The minimum atomic E-state index is -0.276. The number of ether oxygens (including phenoxy) is 1. The Morgan fingerprint density at radius 2 is 1.95 bits per heavy atom. The van der Waals surface area contributed by atoms with Crippen LogP contribution >= 0.6 is 0 Å². The highest BCUT2D eigenvalue weighted by molar-refractivity contribution is 5.86. The maximum Gasteiger partial charge on any atom is 0.333 e. The van der Waals surface area contributed by atoms with Crippen LogP contribution in [0.15, 0.2) is 12.2 Å². The molecule has 108 valence electrons. The lowest BCUT2D eigenvalue weighted by atomic mass is 10.1. The summed E-state index contributed by atoms with van der Waals surface area (Å²) in [6.07, 6.45) is 5.65. The van der Waals surface area contributed by atoms with Crippen LogP contribution in [0.25, 0.3) is 0 Å². The van der Waals surface area contributed by atoms with Crippen molar-refractivity contribution in [3.63, 3.8) is 0 Å². The third kappa shape index (κ3) is 4.62. The van der Waals surface area contributed by atoms with Gasteiger partial charge in [-0.25, -0.2) is 4.79 Å². The zero-order chi connectivity index (χ0) is 13.7. The first-order valence-corrected chi connectivity index (χ1v) is 7.42. The Kier molecular flexibility index (Phi) is 5.40. The summed E-state index contributed by atoms with van der Waals surface area (Å²) in [6.45, 7) is 11.1. The van der Waals surface area contributed by atoms with Gasteiger partial charge < -0.3 is 4.74 Å².